The van der Waals surface area contributed by atoms with Crippen molar-refractivity contribution in [3.63, 3.8) is 0 Å². The van der Waals surface area contributed by atoms with Gasteiger partial charge in [0.15, 0.2) is 0 Å². The summed E-state index contributed by atoms with van der Waals surface area (Å²) in [5.74, 6) is 1.77. The highest BCUT2D eigenvalue weighted by molar-refractivity contribution is 6.13. The first-order chi connectivity index (χ1) is 11.6. The Balaban J connectivity index is 1.80. The standard InChI is InChI=1S/C22H32ClNO/c1-13-10-15(25)11-14-12-17-21(4)9-7-18(24-23)20(2,3)16(21)6-8-22(17,5)19(13)14/h10-11,16-18,24-25H,6-9,12H2,1-5H3/t16-,17+,18+,21-,22+/m1/s1. The lowest BCUT2D eigenvalue weighted by molar-refractivity contribution is -0.109. The van der Waals surface area contributed by atoms with Crippen molar-refractivity contribution < 1.29 is 5.11 Å². The van der Waals surface area contributed by atoms with Crippen LogP contribution in [0.4, 0.5) is 0 Å². The summed E-state index contributed by atoms with van der Waals surface area (Å²) in [6.45, 7) is 12.0. The molecule has 3 aliphatic rings. The molecule has 3 aliphatic carbocycles. The average molecular weight is 362 g/mol. The van der Waals surface area contributed by atoms with Crippen molar-refractivity contribution in [2.75, 3.05) is 0 Å². The van der Waals surface area contributed by atoms with Gasteiger partial charge in [-0.1, -0.05) is 27.7 Å². The smallest absolute Gasteiger partial charge is 0.116 e. The van der Waals surface area contributed by atoms with Gasteiger partial charge >= 0.3 is 0 Å². The van der Waals surface area contributed by atoms with Crippen molar-refractivity contribution in [1.29, 1.82) is 0 Å². The molecule has 2 N–H and O–H groups in total. The summed E-state index contributed by atoms with van der Waals surface area (Å²) in [6, 6.07) is 4.38. The van der Waals surface area contributed by atoms with E-state index in [0.717, 1.165) is 12.8 Å². The van der Waals surface area contributed by atoms with Gasteiger partial charge in [0.25, 0.3) is 0 Å². The van der Waals surface area contributed by atoms with Gasteiger partial charge in [0.1, 0.15) is 5.75 Å². The Morgan fingerprint density at radius 1 is 1.08 bits per heavy atom. The Kier molecular flexibility index (Phi) is 3.81. The second-order valence-electron chi connectivity index (χ2n) is 10.1. The third-order valence-corrected chi connectivity index (χ3v) is 8.87. The number of benzene rings is 1. The van der Waals surface area contributed by atoms with Crippen LogP contribution in [-0.4, -0.2) is 11.1 Å². The number of aryl methyl sites for hydroxylation is 1. The molecule has 0 saturated heterocycles. The third kappa shape index (κ3) is 2.19. The van der Waals surface area contributed by atoms with E-state index in [2.05, 4.69) is 39.5 Å². The number of rotatable bonds is 1. The minimum Gasteiger partial charge on any atom is -0.508 e. The van der Waals surface area contributed by atoms with E-state index in [1.54, 1.807) is 0 Å². The van der Waals surface area contributed by atoms with Gasteiger partial charge in [0.05, 0.1) is 0 Å². The lowest BCUT2D eigenvalue weighted by Crippen LogP contribution is -2.60. The Morgan fingerprint density at radius 3 is 2.48 bits per heavy atom. The number of hydrogen-bond donors (Lipinski definition) is 2. The fraction of sp³-hybridized carbons (Fsp3) is 0.727. The van der Waals surface area contributed by atoms with Crippen LogP contribution in [0.5, 0.6) is 5.75 Å². The molecule has 0 unspecified atom stereocenters. The predicted molar refractivity (Wildman–Crippen MR) is 104 cm³/mol. The number of phenols is 1. The third-order valence-electron chi connectivity index (χ3n) is 8.61. The number of aromatic hydroxyl groups is 1. The van der Waals surface area contributed by atoms with E-state index in [9.17, 15) is 5.11 Å². The maximum absolute atomic E-state index is 10.1. The van der Waals surface area contributed by atoms with Crippen LogP contribution in [-0.2, 0) is 11.8 Å². The topological polar surface area (TPSA) is 32.3 Å². The number of fused-ring (bicyclic) bond motifs is 5. The molecule has 0 bridgehead atoms. The van der Waals surface area contributed by atoms with Crippen LogP contribution in [0.2, 0.25) is 0 Å². The summed E-state index contributed by atoms with van der Waals surface area (Å²) in [6.07, 6.45) is 6.02. The molecule has 0 heterocycles. The number of hydrogen-bond acceptors (Lipinski definition) is 2. The van der Waals surface area contributed by atoms with E-state index in [1.165, 1.54) is 36.0 Å². The lowest BCUT2D eigenvalue weighted by Gasteiger charge is -2.63. The molecule has 0 amide bonds. The number of halogens is 1. The van der Waals surface area contributed by atoms with Crippen molar-refractivity contribution in [2.45, 2.75) is 78.2 Å². The Hall–Kier alpha value is -0.730. The van der Waals surface area contributed by atoms with Crippen molar-refractivity contribution in [1.82, 2.24) is 4.84 Å². The van der Waals surface area contributed by atoms with E-state index < -0.39 is 0 Å². The molecular formula is C22H32ClNO. The average Bonchev–Trinajstić information content (AvgIpc) is 2.80. The summed E-state index contributed by atoms with van der Waals surface area (Å²) in [4.78, 5) is 3.09. The second-order valence-corrected chi connectivity index (χ2v) is 10.3. The Morgan fingerprint density at radius 2 is 1.80 bits per heavy atom. The molecule has 2 saturated carbocycles. The van der Waals surface area contributed by atoms with E-state index in [0.29, 0.717) is 29.0 Å². The van der Waals surface area contributed by atoms with Gasteiger partial charge in [-0.25, -0.2) is 4.84 Å². The van der Waals surface area contributed by atoms with Gasteiger partial charge < -0.3 is 5.11 Å². The van der Waals surface area contributed by atoms with Crippen LogP contribution in [0.25, 0.3) is 0 Å². The monoisotopic (exact) mass is 361 g/mol. The molecule has 2 nitrogen and oxygen atoms in total. The second kappa shape index (κ2) is 5.39. The highest BCUT2D eigenvalue weighted by Crippen LogP contribution is 2.67. The first kappa shape index (κ1) is 17.7. The highest BCUT2D eigenvalue weighted by atomic mass is 35.5. The molecule has 138 valence electrons. The fourth-order valence-corrected chi connectivity index (χ4v) is 7.94. The SMILES string of the molecule is Cc1cc(O)cc2c1[C@@]1(C)CC[C@@H]3C(C)(C)[C@@H](NCl)CC[C@@]3(C)[C@@H]1C2. The molecule has 2 fully saturated rings. The van der Waals surface area contributed by atoms with Gasteiger partial charge in [0, 0.05) is 6.04 Å². The Labute approximate surface area is 157 Å². The van der Waals surface area contributed by atoms with Crippen LogP contribution in [0, 0.1) is 29.6 Å². The van der Waals surface area contributed by atoms with Crippen molar-refractivity contribution in [3.05, 3.63) is 28.8 Å². The summed E-state index contributed by atoms with van der Waals surface area (Å²) >= 11 is 6.11. The summed E-state index contributed by atoms with van der Waals surface area (Å²) in [5, 5.41) is 10.1. The van der Waals surface area contributed by atoms with Crippen LogP contribution < -0.4 is 4.84 Å². The van der Waals surface area contributed by atoms with Crippen LogP contribution in [0.15, 0.2) is 12.1 Å². The zero-order chi connectivity index (χ0) is 18.2. The molecule has 0 aromatic heterocycles. The molecular weight excluding hydrogens is 330 g/mol. The minimum absolute atomic E-state index is 0.210. The van der Waals surface area contributed by atoms with Gasteiger partial charge in [-0.2, -0.15) is 0 Å². The maximum Gasteiger partial charge on any atom is 0.116 e. The van der Waals surface area contributed by atoms with Gasteiger partial charge in [0.2, 0.25) is 0 Å². The molecule has 4 rings (SSSR count). The fourth-order valence-electron chi connectivity index (χ4n) is 7.55. The molecule has 0 radical (unpaired) electrons. The predicted octanol–water partition coefficient (Wildman–Crippen LogP) is 5.48. The lowest BCUT2D eigenvalue weighted by atomic mass is 9.42. The number of nitrogens with one attached hydrogen (secondary N) is 1. The van der Waals surface area contributed by atoms with Crippen LogP contribution in [0.3, 0.4) is 0 Å². The number of phenolic OH excluding ortho intramolecular Hbond substituents is 1. The van der Waals surface area contributed by atoms with Crippen LogP contribution >= 0.6 is 11.8 Å². The van der Waals surface area contributed by atoms with Crippen molar-refractivity contribution in [2.24, 2.45) is 22.7 Å². The minimum atomic E-state index is 0.210. The Bertz CT molecular complexity index is 714. The van der Waals surface area contributed by atoms with E-state index >= 15 is 0 Å². The molecule has 0 aliphatic heterocycles. The quantitative estimate of drug-likeness (QED) is 0.649. The largest absolute Gasteiger partial charge is 0.508 e. The maximum atomic E-state index is 10.1. The van der Waals surface area contributed by atoms with Gasteiger partial charge in [-0.05, 0) is 108 Å². The van der Waals surface area contributed by atoms with Gasteiger partial charge in [-0.15, -0.1) is 0 Å². The van der Waals surface area contributed by atoms with E-state index in [4.69, 9.17) is 11.8 Å². The van der Waals surface area contributed by atoms with E-state index in [-0.39, 0.29) is 10.8 Å². The molecule has 25 heavy (non-hydrogen) atoms. The van der Waals surface area contributed by atoms with Gasteiger partial charge in [-0.3, -0.25) is 0 Å². The summed E-state index contributed by atoms with van der Waals surface area (Å²) in [7, 11) is 0. The molecule has 5 atom stereocenters. The molecule has 3 heteroatoms. The first-order valence-corrected chi connectivity index (χ1v) is 10.2. The first-order valence-electron chi connectivity index (χ1n) is 9.83. The summed E-state index contributed by atoms with van der Waals surface area (Å²) in [5.41, 5.74) is 4.99. The van der Waals surface area contributed by atoms with Crippen molar-refractivity contribution in [3.8, 4) is 5.75 Å². The summed E-state index contributed by atoms with van der Waals surface area (Å²) < 4.78 is 0. The zero-order valence-electron chi connectivity index (χ0n) is 16.2. The zero-order valence-corrected chi connectivity index (χ0v) is 17.0. The normalized spacial score (nSPS) is 41.8. The molecule has 1 aromatic rings. The van der Waals surface area contributed by atoms with Crippen molar-refractivity contribution >= 4 is 11.8 Å². The molecule has 1 aromatic carbocycles. The molecule has 0 spiro atoms. The van der Waals surface area contributed by atoms with E-state index in [1.807, 2.05) is 12.1 Å². The highest BCUT2D eigenvalue weighted by Gasteiger charge is 2.62. The van der Waals surface area contributed by atoms with Crippen LogP contribution in [0.1, 0.15) is 70.1 Å².